The van der Waals surface area contributed by atoms with Gasteiger partial charge < -0.3 is 35.4 Å². The van der Waals surface area contributed by atoms with Crippen molar-refractivity contribution in [3.05, 3.63) is 42.0 Å². The average molecular weight is 520 g/mol. The van der Waals surface area contributed by atoms with Gasteiger partial charge in [0.15, 0.2) is 11.5 Å². The number of aromatic nitrogens is 3. The molecule has 2 saturated heterocycles. The van der Waals surface area contributed by atoms with E-state index in [-0.39, 0.29) is 11.3 Å². The number of aromatic hydroxyl groups is 2. The van der Waals surface area contributed by atoms with Crippen LogP contribution in [0.2, 0.25) is 0 Å². The zero-order valence-electron chi connectivity index (χ0n) is 21.5. The van der Waals surface area contributed by atoms with Gasteiger partial charge in [-0.05, 0) is 62.8 Å². The SMILES string of the molecule is COc1ccc(NC(=O)c2cccc(O)c2O)c(Nc2nc(N3CCCCC3)nc(N3CCCCC3)n2)c1. The molecule has 3 aromatic rings. The molecule has 0 unspecified atom stereocenters. The van der Waals surface area contributed by atoms with Gasteiger partial charge in [-0.15, -0.1) is 0 Å². The van der Waals surface area contributed by atoms with Crippen LogP contribution in [0.3, 0.4) is 0 Å². The summed E-state index contributed by atoms with van der Waals surface area (Å²) >= 11 is 0. The van der Waals surface area contributed by atoms with Crippen LogP contribution >= 0.6 is 0 Å². The van der Waals surface area contributed by atoms with Crippen LogP contribution in [-0.2, 0) is 0 Å². The summed E-state index contributed by atoms with van der Waals surface area (Å²) in [7, 11) is 1.56. The second-order valence-electron chi connectivity index (χ2n) is 9.52. The lowest BCUT2D eigenvalue weighted by Crippen LogP contribution is -2.34. The van der Waals surface area contributed by atoms with Crippen LogP contribution in [0.25, 0.3) is 0 Å². The summed E-state index contributed by atoms with van der Waals surface area (Å²) in [4.78, 5) is 31.7. The van der Waals surface area contributed by atoms with E-state index in [1.165, 1.54) is 31.0 Å². The van der Waals surface area contributed by atoms with Gasteiger partial charge in [0.05, 0.1) is 24.0 Å². The van der Waals surface area contributed by atoms with E-state index >= 15 is 0 Å². The Morgan fingerprint density at radius 1 is 0.842 bits per heavy atom. The van der Waals surface area contributed by atoms with E-state index in [1.807, 2.05) is 0 Å². The van der Waals surface area contributed by atoms with Crippen LogP contribution in [0.15, 0.2) is 36.4 Å². The molecule has 0 saturated carbocycles. The summed E-state index contributed by atoms with van der Waals surface area (Å²) in [5.74, 6) is 0.791. The number of nitrogens with zero attached hydrogens (tertiary/aromatic N) is 5. The minimum atomic E-state index is -0.578. The summed E-state index contributed by atoms with van der Waals surface area (Å²) in [6, 6.07) is 9.39. The highest BCUT2D eigenvalue weighted by Gasteiger charge is 2.22. The third kappa shape index (κ3) is 5.66. The van der Waals surface area contributed by atoms with Gasteiger partial charge in [-0.1, -0.05) is 6.07 Å². The minimum absolute atomic E-state index is 0.0494. The summed E-state index contributed by atoms with van der Waals surface area (Å²) in [5.41, 5.74) is 0.891. The summed E-state index contributed by atoms with van der Waals surface area (Å²) < 4.78 is 5.41. The van der Waals surface area contributed by atoms with Gasteiger partial charge in [0.1, 0.15) is 5.75 Å². The number of ether oxygens (including phenoxy) is 1. The third-order valence-electron chi connectivity index (χ3n) is 6.87. The van der Waals surface area contributed by atoms with Gasteiger partial charge in [0, 0.05) is 32.2 Å². The third-order valence-corrected chi connectivity index (χ3v) is 6.87. The smallest absolute Gasteiger partial charge is 0.259 e. The Morgan fingerprint density at radius 2 is 1.47 bits per heavy atom. The van der Waals surface area contributed by atoms with Crippen molar-refractivity contribution in [1.82, 2.24) is 15.0 Å². The highest BCUT2D eigenvalue weighted by atomic mass is 16.5. The number of carbonyl (C=O) groups is 1. The number of anilines is 5. The molecule has 1 aromatic heterocycles. The maximum absolute atomic E-state index is 13.0. The number of methoxy groups -OCH3 is 1. The van der Waals surface area contributed by atoms with Crippen LogP contribution in [0.1, 0.15) is 48.9 Å². The molecule has 2 fully saturated rings. The molecule has 2 aliphatic rings. The number of rotatable bonds is 7. The second kappa shape index (κ2) is 11.4. The number of hydrogen-bond acceptors (Lipinski definition) is 10. The maximum atomic E-state index is 13.0. The van der Waals surface area contributed by atoms with Crippen molar-refractivity contribution < 1.29 is 19.7 Å². The molecule has 2 aromatic carbocycles. The Morgan fingerprint density at radius 3 is 2.08 bits per heavy atom. The Labute approximate surface area is 221 Å². The summed E-state index contributed by atoms with van der Waals surface area (Å²) in [6.07, 6.45) is 6.80. The zero-order chi connectivity index (χ0) is 26.5. The molecular weight excluding hydrogens is 486 g/mol. The first kappa shape index (κ1) is 25.4. The van der Waals surface area contributed by atoms with Gasteiger partial charge >= 0.3 is 0 Å². The molecule has 11 nitrogen and oxygen atoms in total. The predicted molar refractivity (Wildman–Crippen MR) is 146 cm³/mol. The molecule has 0 atom stereocenters. The molecule has 0 spiro atoms. The van der Waals surface area contributed by atoms with Crippen LogP contribution in [0.4, 0.5) is 29.2 Å². The maximum Gasteiger partial charge on any atom is 0.259 e. The fourth-order valence-corrected chi connectivity index (χ4v) is 4.77. The number of para-hydroxylation sites is 1. The second-order valence-corrected chi connectivity index (χ2v) is 9.52. The van der Waals surface area contributed by atoms with Gasteiger partial charge in [0.2, 0.25) is 17.8 Å². The number of carbonyl (C=O) groups excluding carboxylic acids is 1. The molecule has 3 heterocycles. The molecule has 0 radical (unpaired) electrons. The largest absolute Gasteiger partial charge is 0.504 e. The van der Waals surface area contributed by atoms with E-state index in [2.05, 4.69) is 20.4 Å². The van der Waals surface area contributed by atoms with Crippen molar-refractivity contribution in [1.29, 1.82) is 0 Å². The molecular formula is C27H33N7O4. The first-order chi connectivity index (χ1) is 18.5. The van der Waals surface area contributed by atoms with Gasteiger partial charge in [-0.3, -0.25) is 4.79 Å². The van der Waals surface area contributed by atoms with Gasteiger partial charge in [0.25, 0.3) is 5.91 Å². The molecule has 11 heteroatoms. The zero-order valence-corrected chi connectivity index (χ0v) is 21.5. The minimum Gasteiger partial charge on any atom is -0.504 e. The van der Waals surface area contributed by atoms with Crippen LogP contribution in [0.5, 0.6) is 17.2 Å². The lowest BCUT2D eigenvalue weighted by atomic mass is 10.1. The van der Waals surface area contributed by atoms with Gasteiger partial charge in [-0.2, -0.15) is 15.0 Å². The van der Waals surface area contributed by atoms with Crippen LogP contribution < -0.4 is 25.2 Å². The molecule has 0 aliphatic carbocycles. The standard InChI is InChI=1S/C27H33N7O4/c1-38-18-11-12-20(28-24(37)19-9-8-10-22(35)23(19)36)21(17-18)29-25-30-26(33-13-4-2-5-14-33)32-27(31-25)34-15-6-3-7-16-34/h8-12,17,35-36H,2-7,13-16H2,1H3,(H,28,37)(H,29,30,31,32). The average Bonchev–Trinajstić information content (AvgIpc) is 2.96. The fraction of sp³-hybridized carbons (Fsp3) is 0.407. The molecule has 200 valence electrons. The normalized spacial score (nSPS) is 15.7. The van der Waals surface area contributed by atoms with Crippen molar-refractivity contribution in [2.24, 2.45) is 0 Å². The number of nitrogens with one attached hydrogen (secondary N) is 2. The van der Waals surface area contributed by atoms with Crippen molar-refractivity contribution in [2.75, 3.05) is 53.7 Å². The van der Waals surface area contributed by atoms with Gasteiger partial charge in [-0.25, -0.2) is 0 Å². The van der Waals surface area contributed by atoms with E-state index in [0.717, 1.165) is 51.9 Å². The first-order valence-corrected chi connectivity index (χ1v) is 13.0. The van der Waals surface area contributed by atoms with Crippen molar-refractivity contribution in [3.63, 3.8) is 0 Å². The fourth-order valence-electron chi connectivity index (χ4n) is 4.77. The monoisotopic (exact) mass is 519 g/mol. The van der Waals surface area contributed by atoms with E-state index < -0.39 is 11.7 Å². The first-order valence-electron chi connectivity index (χ1n) is 13.0. The molecule has 5 rings (SSSR count). The highest BCUT2D eigenvalue weighted by Crippen LogP contribution is 2.33. The Bertz CT molecular complexity index is 1250. The van der Waals surface area contributed by atoms with E-state index in [1.54, 1.807) is 25.3 Å². The van der Waals surface area contributed by atoms with Crippen molar-refractivity contribution in [2.45, 2.75) is 38.5 Å². The summed E-state index contributed by atoms with van der Waals surface area (Å²) in [6.45, 7) is 3.60. The molecule has 0 bridgehead atoms. The van der Waals surface area contributed by atoms with Crippen LogP contribution in [0, 0.1) is 0 Å². The summed E-state index contributed by atoms with van der Waals surface area (Å²) in [5, 5.41) is 26.0. The van der Waals surface area contributed by atoms with E-state index in [0.29, 0.717) is 35.0 Å². The quantitative estimate of drug-likeness (QED) is 0.335. The Hall–Kier alpha value is -4.28. The topological polar surface area (TPSA) is 136 Å². The Balaban J connectivity index is 1.48. The molecule has 4 N–H and O–H groups in total. The van der Waals surface area contributed by atoms with E-state index in [4.69, 9.17) is 19.7 Å². The predicted octanol–water partition coefficient (Wildman–Crippen LogP) is 4.27. The molecule has 38 heavy (non-hydrogen) atoms. The van der Waals surface area contributed by atoms with Crippen molar-refractivity contribution in [3.8, 4) is 17.2 Å². The Kier molecular flexibility index (Phi) is 7.62. The number of hydrogen-bond donors (Lipinski definition) is 4. The lowest BCUT2D eigenvalue weighted by Gasteiger charge is -2.30. The number of benzene rings is 2. The van der Waals surface area contributed by atoms with Crippen LogP contribution in [-0.4, -0.2) is 64.4 Å². The van der Waals surface area contributed by atoms with Crippen molar-refractivity contribution >= 4 is 35.1 Å². The highest BCUT2D eigenvalue weighted by molar-refractivity contribution is 6.08. The molecule has 2 aliphatic heterocycles. The number of amides is 1. The number of phenolic OH excluding ortho intramolecular Hbond substituents is 2. The molecule has 1 amide bonds. The number of phenols is 2. The lowest BCUT2D eigenvalue weighted by molar-refractivity contribution is 0.102. The number of piperidine rings is 2. The van der Waals surface area contributed by atoms with E-state index in [9.17, 15) is 15.0 Å².